The Bertz CT molecular complexity index is 1130. The van der Waals surface area contributed by atoms with Crippen LogP contribution in [0.1, 0.15) is 55.9 Å². The molecule has 0 saturated carbocycles. The Balaban J connectivity index is 2.51. The first-order valence-corrected chi connectivity index (χ1v) is 13.9. The maximum Gasteiger partial charge on any atom is 0.244 e. The molecule has 7 nitrogen and oxygen atoms in total. The van der Waals surface area contributed by atoms with Crippen molar-refractivity contribution in [3.05, 3.63) is 64.7 Å². The van der Waals surface area contributed by atoms with Gasteiger partial charge in [-0.15, -0.1) is 0 Å². The molecule has 0 aromatic heterocycles. The third-order valence-corrected chi connectivity index (χ3v) is 7.47. The predicted molar refractivity (Wildman–Crippen MR) is 142 cm³/mol. The molecule has 8 heteroatoms. The molecule has 35 heavy (non-hydrogen) atoms. The first kappa shape index (κ1) is 28.4. The van der Waals surface area contributed by atoms with Crippen molar-refractivity contribution >= 4 is 27.5 Å². The van der Waals surface area contributed by atoms with Gasteiger partial charge in [0.1, 0.15) is 12.6 Å². The summed E-state index contributed by atoms with van der Waals surface area (Å²) in [5.74, 6) is -0.658. The van der Waals surface area contributed by atoms with Gasteiger partial charge in [0.15, 0.2) is 0 Å². The monoisotopic (exact) mass is 501 g/mol. The molecule has 0 aliphatic rings. The Labute approximate surface area is 210 Å². The zero-order valence-corrected chi connectivity index (χ0v) is 22.8. The summed E-state index contributed by atoms with van der Waals surface area (Å²) in [6.07, 6.45) is 2.27. The van der Waals surface area contributed by atoms with E-state index in [9.17, 15) is 18.0 Å². The van der Waals surface area contributed by atoms with Gasteiger partial charge in [-0.05, 0) is 62.8 Å². The molecule has 192 valence electrons. The average Bonchev–Trinajstić information content (AvgIpc) is 2.78. The molecule has 2 atom stereocenters. The number of para-hydroxylation sites is 1. The van der Waals surface area contributed by atoms with Crippen LogP contribution in [0.3, 0.4) is 0 Å². The van der Waals surface area contributed by atoms with Crippen molar-refractivity contribution in [2.45, 2.75) is 73.0 Å². The third-order valence-electron chi connectivity index (χ3n) is 6.36. The molecule has 0 heterocycles. The van der Waals surface area contributed by atoms with Crippen molar-refractivity contribution in [1.82, 2.24) is 10.2 Å². The number of benzene rings is 2. The predicted octanol–water partition coefficient (Wildman–Crippen LogP) is 4.10. The Morgan fingerprint density at radius 1 is 0.914 bits per heavy atom. The summed E-state index contributed by atoms with van der Waals surface area (Å²) in [6, 6.07) is 12.4. The summed E-state index contributed by atoms with van der Waals surface area (Å²) >= 11 is 0. The highest BCUT2D eigenvalue weighted by Gasteiger charge is 2.33. The lowest BCUT2D eigenvalue weighted by atomic mass is 10.1. The summed E-state index contributed by atoms with van der Waals surface area (Å²) in [5.41, 5.74) is 3.92. The number of hydrogen-bond donors (Lipinski definition) is 1. The van der Waals surface area contributed by atoms with Gasteiger partial charge in [0, 0.05) is 12.6 Å². The van der Waals surface area contributed by atoms with Crippen molar-refractivity contribution in [2.75, 3.05) is 17.1 Å². The highest BCUT2D eigenvalue weighted by atomic mass is 32.2. The fourth-order valence-electron chi connectivity index (χ4n) is 4.11. The van der Waals surface area contributed by atoms with Crippen molar-refractivity contribution in [2.24, 2.45) is 0 Å². The molecule has 0 aliphatic carbocycles. The van der Waals surface area contributed by atoms with Crippen LogP contribution >= 0.6 is 0 Å². The van der Waals surface area contributed by atoms with E-state index in [1.807, 2.05) is 84.0 Å². The van der Waals surface area contributed by atoms with E-state index in [0.29, 0.717) is 12.1 Å². The van der Waals surface area contributed by atoms with Gasteiger partial charge in [0.25, 0.3) is 0 Å². The second kappa shape index (κ2) is 12.2. The summed E-state index contributed by atoms with van der Waals surface area (Å²) in [7, 11) is -3.76. The van der Waals surface area contributed by atoms with Crippen molar-refractivity contribution in [1.29, 1.82) is 0 Å². The fourth-order valence-corrected chi connectivity index (χ4v) is 5.07. The highest BCUT2D eigenvalue weighted by Crippen LogP contribution is 2.27. The van der Waals surface area contributed by atoms with E-state index < -0.39 is 22.0 Å². The third kappa shape index (κ3) is 7.31. The van der Waals surface area contributed by atoms with E-state index in [4.69, 9.17) is 0 Å². The maximum atomic E-state index is 13.8. The first-order valence-electron chi connectivity index (χ1n) is 12.1. The van der Waals surface area contributed by atoms with E-state index in [-0.39, 0.29) is 25.0 Å². The van der Waals surface area contributed by atoms with Gasteiger partial charge >= 0.3 is 0 Å². The van der Waals surface area contributed by atoms with Gasteiger partial charge in [0.05, 0.1) is 11.9 Å². The van der Waals surface area contributed by atoms with Crippen molar-refractivity contribution < 1.29 is 18.0 Å². The summed E-state index contributed by atoms with van der Waals surface area (Å²) in [4.78, 5) is 28.5. The second-order valence-electron chi connectivity index (χ2n) is 9.20. The SMILES string of the molecule is CCC(C)NC(=O)C(CC)N(Cc1ccccc1C)C(=O)CN(c1c(C)cccc1C)S(C)(=O)=O. The Hall–Kier alpha value is -2.87. The molecule has 0 fully saturated rings. The average molecular weight is 502 g/mol. The number of sulfonamides is 1. The molecule has 0 radical (unpaired) electrons. The number of hydrogen-bond acceptors (Lipinski definition) is 4. The van der Waals surface area contributed by atoms with Crippen molar-refractivity contribution in [3.8, 4) is 0 Å². The summed E-state index contributed by atoms with van der Waals surface area (Å²) in [6.45, 7) is 11.2. The van der Waals surface area contributed by atoms with E-state index in [2.05, 4.69) is 5.32 Å². The number of carbonyl (C=O) groups is 2. The largest absolute Gasteiger partial charge is 0.352 e. The van der Waals surface area contributed by atoms with Crippen LogP contribution in [0.4, 0.5) is 5.69 Å². The first-order chi connectivity index (χ1) is 16.4. The van der Waals surface area contributed by atoms with Crippen LogP contribution in [-0.4, -0.2) is 50.0 Å². The molecule has 2 aromatic carbocycles. The second-order valence-corrected chi connectivity index (χ2v) is 11.1. The van der Waals surface area contributed by atoms with Crippen LogP contribution in [0.15, 0.2) is 42.5 Å². The molecule has 2 rings (SSSR count). The smallest absolute Gasteiger partial charge is 0.244 e. The zero-order valence-electron chi connectivity index (χ0n) is 22.0. The van der Waals surface area contributed by atoms with E-state index in [1.165, 1.54) is 4.90 Å². The number of carbonyl (C=O) groups excluding carboxylic acids is 2. The Morgan fingerprint density at radius 3 is 2.00 bits per heavy atom. The summed E-state index contributed by atoms with van der Waals surface area (Å²) < 4.78 is 26.8. The van der Waals surface area contributed by atoms with E-state index in [1.54, 1.807) is 0 Å². The lowest BCUT2D eigenvalue weighted by molar-refractivity contribution is -0.140. The van der Waals surface area contributed by atoms with Crippen LogP contribution in [0.5, 0.6) is 0 Å². The van der Waals surface area contributed by atoms with Gasteiger partial charge in [-0.3, -0.25) is 13.9 Å². The fraction of sp³-hybridized carbons (Fsp3) is 0.481. The number of anilines is 1. The topological polar surface area (TPSA) is 86.8 Å². The standard InChI is InChI=1S/C27H39N3O4S/c1-8-22(6)28-27(32)24(9-2)29(17-23-16-11-10-13-19(23)3)25(31)18-30(35(7,33)34)26-20(4)14-12-15-21(26)5/h10-16,22,24H,8-9,17-18H2,1-7H3,(H,28,32). The lowest BCUT2D eigenvalue weighted by Crippen LogP contribution is -2.53. The normalized spacial score (nSPS) is 13.1. The number of nitrogens with one attached hydrogen (secondary N) is 1. The minimum Gasteiger partial charge on any atom is -0.352 e. The molecule has 0 aliphatic heterocycles. The molecular weight excluding hydrogens is 462 g/mol. The number of nitrogens with zero attached hydrogens (tertiary/aromatic N) is 2. The molecule has 0 spiro atoms. The zero-order chi connectivity index (χ0) is 26.3. The van der Waals surface area contributed by atoms with Crippen LogP contribution in [0, 0.1) is 20.8 Å². The Morgan fingerprint density at radius 2 is 1.49 bits per heavy atom. The number of rotatable bonds is 11. The molecular formula is C27H39N3O4S. The number of aryl methyl sites for hydroxylation is 3. The quantitative estimate of drug-likeness (QED) is 0.502. The van der Waals surface area contributed by atoms with Gasteiger partial charge in [-0.1, -0.05) is 56.3 Å². The van der Waals surface area contributed by atoms with Gasteiger partial charge in [0.2, 0.25) is 21.8 Å². The minimum absolute atomic E-state index is 0.0332. The van der Waals surface area contributed by atoms with Gasteiger partial charge in [-0.25, -0.2) is 8.42 Å². The van der Waals surface area contributed by atoms with E-state index in [0.717, 1.165) is 39.2 Å². The molecule has 0 saturated heterocycles. The Kier molecular flexibility index (Phi) is 9.89. The molecule has 0 bridgehead atoms. The van der Waals surface area contributed by atoms with Crippen LogP contribution in [0.2, 0.25) is 0 Å². The molecule has 1 N–H and O–H groups in total. The molecule has 2 aromatic rings. The molecule has 2 unspecified atom stereocenters. The molecule has 2 amide bonds. The highest BCUT2D eigenvalue weighted by molar-refractivity contribution is 7.92. The van der Waals surface area contributed by atoms with Crippen LogP contribution < -0.4 is 9.62 Å². The summed E-state index contributed by atoms with van der Waals surface area (Å²) in [5, 5.41) is 2.99. The minimum atomic E-state index is -3.76. The van der Waals surface area contributed by atoms with E-state index >= 15 is 0 Å². The van der Waals surface area contributed by atoms with Crippen LogP contribution in [0.25, 0.3) is 0 Å². The van der Waals surface area contributed by atoms with Crippen molar-refractivity contribution in [3.63, 3.8) is 0 Å². The van der Waals surface area contributed by atoms with Gasteiger partial charge < -0.3 is 10.2 Å². The van der Waals surface area contributed by atoms with Crippen LogP contribution in [-0.2, 0) is 26.2 Å². The van der Waals surface area contributed by atoms with Gasteiger partial charge in [-0.2, -0.15) is 0 Å². The maximum absolute atomic E-state index is 13.8. The number of amides is 2. The lowest BCUT2D eigenvalue weighted by Gasteiger charge is -2.34.